The molecule has 0 saturated heterocycles. The highest BCUT2D eigenvalue weighted by Crippen LogP contribution is 2.26. The molecule has 1 aliphatic rings. The molecule has 96 valence electrons. The molecule has 0 aromatic carbocycles. The van der Waals surface area contributed by atoms with Crippen LogP contribution in [0.15, 0.2) is 11.4 Å². The minimum atomic E-state index is 0.0882. The van der Waals surface area contributed by atoms with E-state index in [1.807, 2.05) is 11.4 Å². The molecule has 2 rings (SSSR count). The first kappa shape index (κ1) is 13.1. The van der Waals surface area contributed by atoms with E-state index in [1.165, 1.54) is 6.42 Å². The van der Waals surface area contributed by atoms with E-state index in [2.05, 4.69) is 17.2 Å². The second-order valence-electron chi connectivity index (χ2n) is 4.38. The van der Waals surface area contributed by atoms with Gasteiger partial charge in [0.15, 0.2) is 0 Å². The molecular formula is C14H17NO2S. The Labute approximate surface area is 111 Å². The van der Waals surface area contributed by atoms with Crippen LogP contribution < -0.4 is 5.32 Å². The van der Waals surface area contributed by atoms with Crippen molar-refractivity contribution in [3.05, 3.63) is 21.9 Å². The Morgan fingerprint density at radius 3 is 3.06 bits per heavy atom. The van der Waals surface area contributed by atoms with E-state index in [1.54, 1.807) is 11.3 Å². The van der Waals surface area contributed by atoms with Crippen molar-refractivity contribution in [2.24, 2.45) is 5.92 Å². The van der Waals surface area contributed by atoms with Gasteiger partial charge in [0.25, 0.3) is 0 Å². The highest BCUT2D eigenvalue weighted by atomic mass is 32.1. The Morgan fingerprint density at radius 2 is 2.39 bits per heavy atom. The first-order valence-corrected chi connectivity index (χ1v) is 7.13. The fraction of sp³-hybridized carbons (Fsp3) is 0.500. The zero-order chi connectivity index (χ0) is 12.8. The fourth-order valence-electron chi connectivity index (χ4n) is 1.78. The third-order valence-electron chi connectivity index (χ3n) is 3.10. The lowest BCUT2D eigenvalue weighted by Gasteiger charge is -2.23. The molecule has 0 aliphatic heterocycles. The van der Waals surface area contributed by atoms with E-state index in [-0.39, 0.29) is 18.4 Å². The summed E-state index contributed by atoms with van der Waals surface area (Å²) in [5.74, 6) is 6.33. The highest BCUT2D eigenvalue weighted by Gasteiger charge is 2.24. The number of aliphatic hydroxyl groups excluding tert-OH is 1. The quantitative estimate of drug-likeness (QED) is 0.815. The molecule has 1 saturated carbocycles. The Balaban J connectivity index is 1.87. The van der Waals surface area contributed by atoms with Crippen LogP contribution >= 0.6 is 11.3 Å². The summed E-state index contributed by atoms with van der Waals surface area (Å²) < 4.78 is 0. The zero-order valence-corrected chi connectivity index (χ0v) is 11.1. The summed E-state index contributed by atoms with van der Waals surface area (Å²) in [6, 6.07) is 1.96. The molecule has 0 unspecified atom stereocenters. The van der Waals surface area contributed by atoms with E-state index in [4.69, 9.17) is 5.11 Å². The molecule has 1 heterocycles. The first-order valence-electron chi connectivity index (χ1n) is 6.25. The van der Waals surface area contributed by atoms with Crippen molar-refractivity contribution < 1.29 is 9.90 Å². The molecule has 0 bridgehead atoms. The van der Waals surface area contributed by atoms with Crippen LogP contribution in [0.3, 0.4) is 0 Å². The molecule has 0 radical (unpaired) electrons. The van der Waals surface area contributed by atoms with Crippen LogP contribution in [0.25, 0.3) is 0 Å². The normalized spacial score (nSPS) is 14.5. The first-order chi connectivity index (χ1) is 8.81. The fourth-order valence-corrected chi connectivity index (χ4v) is 2.55. The van der Waals surface area contributed by atoms with Gasteiger partial charge in [-0.05, 0) is 24.3 Å². The third kappa shape index (κ3) is 3.34. The van der Waals surface area contributed by atoms with Gasteiger partial charge in [0.1, 0.15) is 0 Å². The molecule has 18 heavy (non-hydrogen) atoms. The number of thiophene rings is 1. The van der Waals surface area contributed by atoms with Gasteiger partial charge in [-0.15, -0.1) is 11.3 Å². The average Bonchev–Trinajstić information content (AvgIpc) is 2.72. The molecule has 1 aromatic rings. The van der Waals surface area contributed by atoms with Crippen molar-refractivity contribution >= 4 is 17.2 Å². The molecule has 1 fully saturated rings. The molecule has 0 atom stereocenters. The van der Waals surface area contributed by atoms with Gasteiger partial charge in [-0.3, -0.25) is 4.79 Å². The van der Waals surface area contributed by atoms with Crippen molar-refractivity contribution in [1.82, 2.24) is 5.32 Å². The van der Waals surface area contributed by atoms with Crippen LogP contribution in [0.2, 0.25) is 0 Å². The summed E-state index contributed by atoms with van der Waals surface area (Å²) in [6.45, 7) is 0.654. The smallest absolute Gasteiger partial charge is 0.223 e. The van der Waals surface area contributed by atoms with Gasteiger partial charge in [-0.1, -0.05) is 18.3 Å². The maximum absolute atomic E-state index is 11.7. The van der Waals surface area contributed by atoms with Gasteiger partial charge in [0.05, 0.1) is 13.2 Å². The molecule has 3 nitrogen and oxygen atoms in total. The van der Waals surface area contributed by atoms with Crippen molar-refractivity contribution in [2.75, 3.05) is 6.61 Å². The Hall–Kier alpha value is -1.31. The summed E-state index contributed by atoms with van der Waals surface area (Å²) in [4.78, 5) is 12.8. The molecular weight excluding hydrogens is 246 g/mol. The Morgan fingerprint density at radius 1 is 1.56 bits per heavy atom. The average molecular weight is 263 g/mol. The van der Waals surface area contributed by atoms with Crippen LogP contribution in [0.4, 0.5) is 0 Å². The number of rotatable bonds is 4. The number of nitrogens with one attached hydrogen (secondary N) is 1. The van der Waals surface area contributed by atoms with Crippen LogP contribution in [0, 0.1) is 17.8 Å². The van der Waals surface area contributed by atoms with Gasteiger partial charge in [0, 0.05) is 22.8 Å². The van der Waals surface area contributed by atoms with Crippen LogP contribution in [0.1, 0.15) is 36.1 Å². The maximum atomic E-state index is 11.7. The number of carbonyl (C=O) groups is 1. The predicted molar refractivity (Wildman–Crippen MR) is 72.1 cm³/mol. The van der Waals surface area contributed by atoms with E-state index in [0.29, 0.717) is 13.0 Å². The number of hydrogen-bond acceptors (Lipinski definition) is 3. The number of aliphatic hydroxyl groups is 1. The van der Waals surface area contributed by atoms with Gasteiger partial charge in [0.2, 0.25) is 5.91 Å². The van der Waals surface area contributed by atoms with Gasteiger partial charge >= 0.3 is 0 Å². The minimum absolute atomic E-state index is 0.0882. The maximum Gasteiger partial charge on any atom is 0.223 e. The van der Waals surface area contributed by atoms with Crippen molar-refractivity contribution in [1.29, 1.82) is 0 Å². The Kier molecular flexibility index (Phi) is 4.80. The van der Waals surface area contributed by atoms with Gasteiger partial charge < -0.3 is 10.4 Å². The van der Waals surface area contributed by atoms with Gasteiger partial charge in [-0.2, -0.15) is 0 Å². The summed E-state index contributed by atoms with van der Waals surface area (Å²) in [5, 5.41) is 13.6. The lowest BCUT2D eigenvalue weighted by atomic mass is 9.85. The molecule has 1 aliphatic carbocycles. The molecule has 0 spiro atoms. The molecule has 4 heteroatoms. The Bertz CT molecular complexity index is 466. The number of hydrogen-bond donors (Lipinski definition) is 2. The second-order valence-corrected chi connectivity index (χ2v) is 5.38. The van der Waals surface area contributed by atoms with E-state index < -0.39 is 0 Å². The summed E-state index contributed by atoms with van der Waals surface area (Å²) in [5.41, 5.74) is 0.961. The van der Waals surface area contributed by atoms with Crippen molar-refractivity contribution in [2.45, 2.75) is 32.2 Å². The monoisotopic (exact) mass is 263 g/mol. The van der Waals surface area contributed by atoms with Crippen LogP contribution in [-0.2, 0) is 11.3 Å². The summed E-state index contributed by atoms with van der Waals surface area (Å²) in [7, 11) is 0. The van der Waals surface area contributed by atoms with E-state index >= 15 is 0 Å². The van der Waals surface area contributed by atoms with Gasteiger partial charge in [-0.25, -0.2) is 0 Å². The SMILES string of the molecule is O=C(NCc1sccc1C#CCCO)C1CCC1. The standard InChI is InChI=1S/C14H17NO2S/c16-8-2-1-4-11-7-9-18-13(11)10-15-14(17)12-5-3-6-12/h7,9,12,16H,2-3,5-6,8,10H2,(H,15,17). The molecule has 1 aromatic heterocycles. The molecule has 2 N–H and O–H groups in total. The zero-order valence-electron chi connectivity index (χ0n) is 10.2. The van der Waals surface area contributed by atoms with Crippen LogP contribution in [0.5, 0.6) is 0 Å². The topological polar surface area (TPSA) is 49.3 Å². The van der Waals surface area contributed by atoms with Crippen LogP contribution in [-0.4, -0.2) is 17.6 Å². The van der Waals surface area contributed by atoms with Crippen molar-refractivity contribution in [3.63, 3.8) is 0 Å². The number of carbonyl (C=O) groups excluding carboxylic acids is 1. The second kappa shape index (κ2) is 6.58. The third-order valence-corrected chi connectivity index (χ3v) is 4.03. The number of amides is 1. The largest absolute Gasteiger partial charge is 0.395 e. The molecule has 1 amide bonds. The lowest BCUT2D eigenvalue weighted by molar-refractivity contribution is -0.127. The lowest BCUT2D eigenvalue weighted by Crippen LogP contribution is -2.33. The predicted octanol–water partition coefficient (Wildman–Crippen LogP) is 1.90. The van der Waals surface area contributed by atoms with E-state index in [0.717, 1.165) is 23.3 Å². The summed E-state index contributed by atoms with van der Waals surface area (Å²) in [6.07, 6.45) is 3.72. The van der Waals surface area contributed by atoms with Crippen molar-refractivity contribution in [3.8, 4) is 11.8 Å². The summed E-state index contributed by atoms with van der Waals surface area (Å²) >= 11 is 1.61. The van der Waals surface area contributed by atoms with E-state index in [9.17, 15) is 4.79 Å². The minimum Gasteiger partial charge on any atom is -0.395 e. The highest BCUT2D eigenvalue weighted by molar-refractivity contribution is 7.10.